The standard InChI is InChI=1S/C18H30O5/c1-4-21-16(19)11-20-6-5-13-14(17-22-7-8-23-17)9-12-10-15(13)18(12,2)3/h12-15,17H,4-11H2,1-3H3/t12?,13-,14+,15?/m0/s1. The molecule has 4 fully saturated rings. The summed E-state index contributed by atoms with van der Waals surface area (Å²) in [6.45, 7) is 9.08. The summed E-state index contributed by atoms with van der Waals surface area (Å²) >= 11 is 0. The summed E-state index contributed by atoms with van der Waals surface area (Å²) in [4.78, 5) is 11.4. The van der Waals surface area contributed by atoms with Crippen molar-refractivity contribution in [2.45, 2.75) is 46.3 Å². The van der Waals surface area contributed by atoms with Gasteiger partial charge in [-0.05, 0) is 49.4 Å². The molecule has 5 nitrogen and oxygen atoms in total. The molecule has 0 aromatic rings. The van der Waals surface area contributed by atoms with Crippen LogP contribution in [0.1, 0.15) is 40.0 Å². The molecular formula is C18H30O5. The number of fused-ring (bicyclic) bond motifs is 2. The predicted octanol–water partition coefficient (Wildman–Crippen LogP) is 2.63. The molecule has 4 rings (SSSR count). The van der Waals surface area contributed by atoms with Crippen LogP contribution < -0.4 is 0 Å². The molecule has 0 aromatic heterocycles. The van der Waals surface area contributed by atoms with Crippen LogP contribution in [0.5, 0.6) is 0 Å². The summed E-state index contributed by atoms with van der Waals surface area (Å²) in [6.07, 6.45) is 3.44. The maximum absolute atomic E-state index is 11.4. The molecule has 4 aliphatic rings. The number of rotatable bonds is 7. The Balaban J connectivity index is 1.53. The number of hydrogen-bond donors (Lipinski definition) is 0. The van der Waals surface area contributed by atoms with E-state index in [4.69, 9.17) is 18.9 Å². The monoisotopic (exact) mass is 326 g/mol. The summed E-state index contributed by atoms with van der Waals surface area (Å²) in [5.41, 5.74) is 0.418. The lowest BCUT2D eigenvalue weighted by atomic mass is 9.42. The average Bonchev–Trinajstić information content (AvgIpc) is 3.05. The van der Waals surface area contributed by atoms with E-state index in [1.807, 2.05) is 0 Å². The van der Waals surface area contributed by atoms with E-state index in [1.54, 1.807) is 6.92 Å². The van der Waals surface area contributed by atoms with Gasteiger partial charge in [0.1, 0.15) is 6.61 Å². The Morgan fingerprint density at radius 1 is 1.22 bits per heavy atom. The molecule has 23 heavy (non-hydrogen) atoms. The number of carbonyl (C=O) groups is 1. The summed E-state index contributed by atoms with van der Waals surface area (Å²) < 4.78 is 22.0. The second-order valence-electron chi connectivity index (χ2n) is 7.68. The lowest BCUT2D eigenvalue weighted by Crippen LogP contribution is -2.58. The van der Waals surface area contributed by atoms with Crippen LogP contribution in [0.3, 0.4) is 0 Å². The van der Waals surface area contributed by atoms with Crippen molar-refractivity contribution < 1.29 is 23.7 Å². The maximum atomic E-state index is 11.4. The molecule has 0 amide bonds. The van der Waals surface area contributed by atoms with Crippen LogP contribution in [0.4, 0.5) is 0 Å². The highest BCUT2D eigenvalue weighted by Crippen LogP contribution is 2.64. The quantitative estimate of drug-likeness (QED) is 0.532. The molecule has 2 unspecified atom stereocenters. The Bertz CT molecular complexity index is 416. The van der Waals surface area contributed by atoms with Crippen molar-refractivity contribution in [3.8, 4) is 0 Å². The fourth-order valence-electron chi connectivity index (χ4n) is 4.91. The maximum Gasteiger partial charge on any atom is 0.332 e. The highest BCUT2D eigenvalue weighted by Gasteiger charge is 2.59. The molecule has 1 saturated heterocycles. The zero-order valence-electron chi connectivity index (χ0n) is 14.6. The molecule has 3 saturated carbocycles. The smallest absolute Gasteiger partial charge is 0.332 e. The van der Waals surface area contributed by atoms with Crippen molar-refractivity contribution in [3.63, 3.8) is 0 Å². The van der Waals surface area contributed by atoms with E-state index in [-0.39, 0.29) is 18.9 Å². The van der Waals surface area contributed by atoms with Crippen molar-refractivity contribution in [3.05, 3.63) is 0 Å². The minimum Gasteiger partial charge on any atom is -0.464 e. The zero-order valence-corrected chi connectivity index (χ0v) is 14.6. The third-order valence-electron chi connectivity index (χ3n) is 6.29. The molecule has 0 aromatic carbocycles. The first-order valence-electron chi connectivity index (χ1n) is 9.00. The minimum atomic E-state index is -0.279. The van der Waals surface area contributed by atoms with E-state index in [0.717, 1.165) is 12.3 Å². The van der Waals surface area contributed by atoms with Gasteiger partial charge in [-0.15, -0.1) is 0 Å². The van der Waals surface area contributed by atoms with Crippen LogP contribution in [0.25, 0.3) is 0 Å². The van der Waals surface area contributed by atoms with E-state index in [9.17, 15) is 4.79 Å². The lowest BCUT2D eigenvalue weighted by molar-refractivity contribution is -0.202. The van der Waals surface area contributed by atoms with Crippen LogP contribution in [-0.2, 0) is 23.7 Å². The summed E-state index contributed by atoms with van der Waals surface area (Å²) in [5.74, 6) is 2.26. The van der Waals surface area contributed by atoms with E-state index < -0.39 is 0 Å². The SMILES string of the molecule is CCOC(=O)COCC[C@@H]1C2CC(C[C@H]1C1OCCO1)C2(C)C. The van der Waals surface area contributed by atoms with Gasteiger partial charge in [0.05, 0.1) is 19.8 Å². The summed E-state index contributed by atoms with van der Waals surface area (Å²) in [5, 5.41) is 0. The van der Waals surface area contributed by atoms with Gasteiger partial charge in [0, 0.05) is 12.5 Å². The second-order valence-corrected chi connectivity index (χ2v) is 7.68. The molecule has 1 aliphatic heterocycles. The topological polar surface area (TPSA) is 54.0 Å². The molecule has 132 valence electrons. The largest absolute Gasteiger partial charge is 0.464 e. The van der Waals surface area contributed by atoms with Crippen molar-refractivity contribution in [2.75, 3.05) is 33.0 Å². The van der Waals surface area contributed by atoms with Gasteiger partial charge in [-0.1, -0.05) is 13.8 Å². The van der Waals surface area contributed by atoms with Gasteiger partial charge >= 0.3 is 5.97 Å². The van der Waals surface area contributed by atoms with Gasteiger partial charge in [0.2, 0.25) is 0 Å². The number of hydrogen-bond acceptors (Lipinski definition) is 5. The number of ether oxygens (including phenoxy) is 4. The Labute approximate surface area is 139 Å². The molecular weight excluding hydrogens is 296 g/mol. The predicted molar refractivity (Wildman–Crippen MR) is 84.7 cm³/mol. The first-order valence-corrected chi connectivity index (χ1v) is 9.00. The number of carbonyl (C=O) groups excluding carboxylic acids is 1. The molecule has 4 atom stereocenters. The van der Waals surface area contributed by atoms with Crippen LogP contribution >= 0.6 is 0 Å². The molecule has 0 radical (unpaired) electrons. The average molecular weight is 326 g/mol. The van der Waals surface area contributed by atoms with Crippen molar-refractivity contribution in [2.24, 2.45) is 29.1 Å². The Morgan fingerprint density at radius 2 is 1.96 bits per heavy atom. The van der Waals surface area contributed by atoms with Gasteiger partial charge in [-0.3, -0.25) is 0 Å². The zero-order chi connectivity index (χ0) is 16.4. The highest BCUT2D eigenvalue weighted by molar-refractivity contribution is 5.70. The normalized spacial score (nSPS) is 35.8. The van der Waals surface area contributed by atoms with Gasteiger partial charge in [-0.2, -0.15) is 0 Å². The minimum absolute atomic E-state index is 0.0357. The molecule has 2 bridgehead atoms. The third-order valence-corrected chi connectivity index (χ3v) is 6.29. The summed E-state index contributed by atoms with van der Waals surface area (Å²) in [7, 11) is 0. The van der Waals surface area contributed by atoms with Crippen molar-refractivity contribution in [1.82, 2.24) is 0 Å². The van der Waals surface area contributed by atoms with Gasteiger partial charge < -0.3 is 18.9 Å². The Kier molecular flexibility index (Phi) is 5.29. The van der Waals surface area contributed by atoms with E-state index in [2.05, 4.69) is 13.8 Å². The van der Waals surface area contributed by atoms with Gasteiger partial charge in [-0.25, -0.2) is 4.79 Å². The summed E-state index contributed by atoms with van der Waals surface area (Å²) in [6, 6.07) is 0. The van der Waals surface area contributed by atoms with Crippen LogP contribution in [0.15, 0.2) is 0 Å². The van der Waals surface area contributed by atoms with Crippen molar-refractivity contribution >= 4 is 5.97 Å². The van der Waals surface area contributed by atoms with E-state index in [0.29, 0.717) is 49.6 Å². The lowest BCUT2D eigenvalue weighted by Gasteiger charge is -2.63. The van der Waals surface area contributed by atoms with Crippen molar-refractivity contribution in [1.29, 1.82) is 0 Å². The van der Waals surface area contributed by atoms with Gasteiger partial charge in [0.25, 0.3) is 0 Å². The van der Waals surface area contributed by atoms with Gasteiger partial charge in [0.15, 0.2) is 6.29 Å². The molecule has 1 heterocycles. The van der Waals surface area contributed by atoms with Crippen LogP contribution in [0.2, 0.25) is 0 Å². The van der Waals surface area contributed by atoms with Crippen LogP contribution in [0, 0.1) is 29.1 Å². The molecule has 5 heteroatoms. The van der Waals surface area contributed by atoms with E-state index >= 15 is 0 Å². The highest BCUT2D eigenvalue weighted by atomic mass is 16.7. The fourth-order valence-corrected chi connectivity index (χ4v) is 4.91. The van der Waals surface area contributed by atoms with E-state index in [1.165, 1.54) is 12.8 Å². The number of esters is 1. The molecule has 3 aliphatic carbocycles. The van der Waals surface area contributed by atoms with Crippen LogP contribution in [-0.4, -0.2) is 45.3 Å². The second kappa shape index (κ2) is 7.08. The first kappa shape index (κ1) is 17.2. The third kappa shape index (κ3) is 3.42. The fraction of sp³-hybridized carbons (Fsp3) is 0.944. The molecule has 0 N–H and O–H groups in total. The Morgan fingerprint density at radius 3 is 2.61 bits per heavy atom. The molecule has 0 spiro atoms. The first-order chi connectivity index (χ1) is 11.0. The Hall–Kier alpha value is -0.650.